The van der Waals surface area contributed by atoms with E-state index >= 15 is 0 Å². The van der Waals surface area contributed by atoms with Gasteiger partial charge < -0.3 is 14.6 Å². The average molecular weight is 277 g/mol. The second-order valence-electron chi connectivity index (χ2n) is 5.56. The van der Waals surface area contributed by atoms with Gasteiger partial charge in [-0.25, -0.2) is 4.79 Å². The summed E-state index contributed by atoms with van der Waals surface area (Å²) < 4.78 is 11.2. The van der Waals surface area contributed by atoms with Gasteiger partial charge in [0.1, 0.15) is 5.54 Å². The van der Waals surface area contributed by atoms with Gasteiger partial charge in [-0.05, 0) is 37.5 Å². The van der Waals surface area contributed by atoms with Gasteiger partial charge in [0, 0.05) is 12.5 Å². The minimum absolute atomic E-state index is 0.298. The lowest BCUT2D eigenvalue weighted by Gasteiger charge is -2.27. The molecule has 1 saturated carbocycles. The van der Waals surface area contributed by atoms with Crippen molar-refractivity contribution in [3.8, 4) is 11.5 Å². The molecule has 1 heterocycles. The summed E-state index contributed by atoms with van der Waals surface area (Å²) in [4.78, 5) is 11.7. The van der Waals surface area contributed by atoms with Gasteiger partial charge in [0.2, 0.25) is 0 Å². The standard InChI is InChI=1S/C15H19NO4/c1-15(14(17)18,16-11-4-5-11)10-3-6-12-13(9-10)20-8-2-7-19-12/h3,6,9,11,16H,2,4-5,7-8H2,1H3,(H,17,18). The first-order valence-corrected chi connectivity index (χ1v) is 7.01. The van der Waals surface area contributed by atoms with Gasteiger partial charge in [0.15, 0.2) is 11.5 Å². The molecular weight excluding hydrogens is 258 g/mol. The van der Waals surface area contributed by atoms with Crippen molar-refractivity contribution in [1.29, 1.82) is 0 Å². The van der Waals surface area contributed by atoms with E-state index in [1.165, 1.54) is 0 Å². The first-order chi connectivity index (χ1) is 9.59. The highest BCUT2D eigenvalue weighted by Gasteiger charge is 2.40. The number of carboxylic acids is 1. The highest BCUT2D eigenvalue weighted by Crippen LogP contribution is 2.36. The summed E-state index contributed by atoms with van der Waals surface area (Å²) in [5, 5.41) is 12.8. The van der Waals surface area contributed by atoms with E-state index in [2.05, 4.69) is 5.32 Å². The van der Waals surface area contributed by atoms with Crippen molar-refractivity contribution >= 4 is 5.97 Å². The van der Waals surface area contributed by atoms with Crippen molar-refractivity contribution in [2.24, 2.45) is 0 Å². The maximum Gasteiger partial charge on any atom is 0.328 e. The van der Waals surface area contributed by atoms with Gasteiger partial charge >= 0.3 is 5.97 Å². The Morgan fingerprint density at radius 2 is 2.00 bits per heavy atom. The SMILES string of the molecule is CC(NC1CC1)(C(=O)O)c1ccc2c(c1)OCCCO2. The van der Waals surface area contributed by atoms with Gasteiger partial charge in [-0.15, -0.1) is 0 Å². The number of hydrogen-bond donors (Lipinski definition) is 2. The molecule has 0 radical (unpaired) electrons. The summed E-state index contributed by atoms with van der Waals surface area (Å²) in [6.07, 6.45) is 2.90. The summed E-state index contributed by atoms with van der Waals surface area (Å²) in [5.41, 5.74) is -0.396. The third-order valence-electron chi connectivity index (χ3n) is 3.82. The summed E-state index contributed by atoms with van der Waals surface area (Å²) >= 11 is 0. The molecule has 0 aromatic heterocycles. The van der Waals surface area contributed by atoms with Crippen molar-refractivity contribution in [2.75, 3.05) is 13.2 Å². The highest BCUT2D eigenvalue weighted by atomic mass is 16.5. The van der Waals surface area contributed by atoms with Crippen molar-refractivity contribution < 1.29 is 19.4 Å². The number of aliphatic carboxylic acids is 1. The van der Waals surface area contributed by atoms with Crippen LogP contribution in [0.15, 0.2) is 18.2 Å². The van der Waals surface area contributed by atoms with Gasteiger partial charge in [-0.2, -0.15) is 0 Å². The Morgan fingerprint density at radius 1 is 1.30 bits per heavy atom. The molecule has 5 heteroatoms. The lowest BCUT2D eigenvalue weighted by atomic mass is 9.91. The minimum Gasteiger partial charge on any atom is -0.490 e. The molecule has 5 nitrogen and oxygen atoms in total. The zero-order chi connectivity index (χ0) is 14.2. The predicted octanol–water partition coefficient (Wildman–Crippen LogP) is 1.90. The lowest BCUT2D eigenvalue weighted by molar-refractivity contribution is -0.144. The van der Waals surface area contributed by atoms with Crippen molar-refractivity contribution in [1.82, 2.24) is 5.32 Å². The predicted molar refractivity (Wildman–Crippen MR) is 73.2 cm³/mol. The van der Waals surface area contributed by atoms with Crippen LogP contribution in [0.5, 0.6) is 11.5 Å². The molecule has 0 bridgehead atoms. The van der Waals surface area contributed by atoms with Crippen LogP contribution in [0.25, 0.3) is 0 Å². The Bertz CT molecular complexity index is 527. The minimum atomic E-state index is -1.09. The van der Waals surface area contributed by atoms with E-state index in [-0.39, 0.29) is 0 Å². The average Bonchev–Trinajstić information content (AvgIpc) is 3.23. The summed E-state index contributed by atoms with van der Waals surface area (Å²) in [5.74, 6) is 0.439. The van der Waals surface area contributed by atoms with Crippen LogP contribution in [0, 0.1) is 0 Å². The van der Waals surface area contributed by atoms with Crippen molar-refractivity contribution in [3.05, 3.63) is 23.8 Å². The first kappa shape index (κ1) is 13.2. The molecule has 1 fully saturated rings. The molecule has 1 aliphatic heterocycles. The van der Waals surface area contributed by atoms with Crippen LogP contribution in [-0.4, -0.2) is 30.3 Å². The maximum atomic E-state index is 11.7. The number of fused-ring (bicyclic) bond motifs is 1. The van der Waals surface area contributed by atoms with E-state index in [0.29, 0.717) is 36.3 Å². The Hall–Kier alpha value is -1.75. The fraction of sp³-hybridized carbons (Fsp3) is 0.533. The summed E-state index contributed by atoms with van der Waals surface area (Å²) in [6.45, 7) is 2.92. The number of benzene rings is 1. The topological polar surface area (TPSA) is 67.8 Å². The summed E-state index contributed by atoms with van der Waals surface area (Å²) in [7, 11) is 0. The van der Waals surface area contributed by atoms with Crippen LogP contribution >= 0.6 is 0 Å². The van der Waals surface area contributed by atoms with Crippen LogP contribution in [0.2, 0.25) is 0 Å². The van der Waals surface area contributed by atoms with E-state index in [0.717, 1.165) is 19.3 Å². The van der Waals surface area contributed by atoms with Crippen LogP contribution in [0.3, 0.4) is 0 Å². The molecule has 20 heavy (non-hydrogen) atoms. The highest BCUT2D eigenvalue weighted by molar-refractivity contribution is 5.80. The number of carboxylic acid groups (broad SMARTS) is 1. The van der Waals surface area contributed by atoms with Crippen LogP contribution in [-0.2, 0) is 10.3 Å². The smallest absolute Gasteiger partial charge is 0.328 e. The zero-order valence-corrected chi connectivity index (χ0v) is 11.5. The number of ether oxygens (including phenoxy) is 2. The third kappa shape index (κ3) is 2.45. The second-order valence-corrected chi connectivity index (χ2v) is 5.56. The molecule has 1 aliphatic carbocycles. The fourth-order valence-electron chi connectivity index (χ4n) is 2.38. The van der Waals surface area contributed by atoms with Crippen molar-refractivity contribution in [2.45, 2.75) is 37.8 Å². The first-order valence-electron chi connectivity index (χ1n) is 7.01. The number of hydrogen-bond acceptors (Lipinski definition) is 4. The van der Waals surface area contributed by atoms with E-state index in [9.17, 15) is 9.90 Å². The molecule has 2 N–H and O–H groups in total. The van der Waals surface area contributed by atoms with E-state index in [1.54, 1.807) is 25.1 Å². The largest absolute Gasteiger partial charge is 0.490 e. The second kappa shape index (κ2) is 4.98. The Kier molecular flexibility index (Phi) is 3.30. The molecule has 2 aliphatic rings. The van der Waals surface area contributed by atoms with Gasteiger partial charge in [0.05, 0.1) is 13.2 Å². The number of carbonyl (C=O) groups is 1. The molecule has 3 rings (SSSR count). The van der Waals surface area contributed by atoms with Gasteiger partial charge in [0.25, 0.3) is 0 Å². The molecular formula is C15H19NO4. The molecule has 0 saturated heterocycles. The molecule has 0 amide bonds. The maximum absolute atomic E-state index is 11.7. The van der Waals surface area contributed by atoms with E-state index < -0.39 is 11.5 Å². The summed E-state index contributed by atoms with van der Waals surface area (Å²) in [6, 6.07) is 5.68. The normalized spacial score (nSPS) is 20.9. The van der Waals surface area contributed by atoms with Gasteiger partial charge in [-0.3, -0.25) is 5.32 Å². The number of rotatable bonds is 4. The zero-order valence-electron chi connectivity index (χ0n) is 11.5. The van der Waals surface area contributed by atoms with Crippen LogP contribution < -0.4 is 14.8 Å². The number of nitrogens with one attached hydrogen (secondary N) is 1. The Labute approximate surface area is 117 Å². The Morgan fingerprint density at radius 3 is 2.65 bits per heavy atom. The molecule has 1 atom stereocenters. The third-order valence-corrected chi connectivity index (χ3v) is 3.82. The molecule has 108 valence electrons. The van der Waals surface area contributed by atoms with Gasteiger partial charge in [-0.1, -0.05) is 6.07 Å². The van der Waals surface area contributed by atoms with Crippen LogP contribution in [0.1, 0.15) is 31.7 Å². The monoisotopic (exact) mass is 277 g/mol. The molecule has 0 spiro atoms. The molecule has 1 unspecified atom stereocenters. The van der Waals surface area contributed by atoms with E-state index in [4.69, 9.17) is 9.47 Å². The van der Waals surface area contributed by atoms with Crippen LogP contribution in [0.4, 0.5) is 0 Å². The molecule has 1 aromatic rings. The molecule has 1 aromatic carbocycles. The fourth-order valence-corrected chi connectivity index (χ4v) is 2.38. The Balaban J connectivity index is 1.94. The lowest BCUT2D eigenvalue weighted by Crippen LogP contribution is -2.47. The quantitative estimate of drug-likeness (QED) is 0.879. The van der Waals surface area contributed by atoms with Crippen molar-refractivity contribution in [3.63, 3.8) is 0 Å². The van der Waals surface area contributed by atoms with E-state index in [1.807, 2.05) is 0 Å².